The summed E-state index contributed by atoms with van der Waals surface area (Å²) in [6.07, 6.45) is -3.31. The van der Waals surface area contributed by atoms with E-state index in [-0.39, 0.29) is 16.3 Å². The summed E-state index contributed by atoms with van der Waals surface area (Å²) >= 11 is 0. The van der Waals surface area contributed by atoms with E-state index in [9.17, 15) is 21.6 Å². The van der Waals surface area contributed by atoms with Gasteiger partial charge in [-0.3, -0.25) is 4.98 Å². The number of nitrogens with two attached hydrogens (primary N) is 1. The molecule has 2 N–H and O–H groups in total. The molecule has 2 aromatic heterocycles. The average Bonchev–Trinajstić information content (AvgIpc) is 3.00. The van der Waals surface area contributed by atoms with E-state index < -0.39 is 21.9 Å². The number of halogens is 3. The van der Waals surface area contributed by atoms with E-state index in [1.807, 2.05) is 0 Å². The third kappa shape index (κ3) is 3.46. The normalized spacial score (nSPS) is 12.3. The van der Waals surface area contributed by atoms with Crippen LogP contribution in [-0.4, -0.2) is 23.2 Å². The Balaban J connectivity index is 2.31. The summed E-state index contributed by atoms with van der Waals surface area (Å²) < 4.78 is 64.1. The van der Waals surface area contributed by atoms with E-state index in [0.717, 1.165) is 10.7 Å². The van der Waals surface area contributed by atoms with E-state index in [1.54, 1.807) is 19.1 Å². The summed E-state index contributed by atoms with van der Waals surface area (Å²) in [7, 11) is -4.17. The smallest absolute Gasteiger partial charge is 0.261 e. The first-order valence-corrected chi connectivity index (χ1v) is 8.84. The van der Waals surface area contributed by atoms with Crippen molar-refractivity contribution in [3.8, 4) is 16.9 Å². The Morgan fingerprint density at radius 3 is 2.38 bits per heavy atom. The Bertz CT molecular complexity index is 1060. The SMILES string of the molecule is Cc1ccc(-c2cc(C(F)(F)F)nn2-c2ccccc2S(N)(=O)=O)cn1. The summed E-state index contributed by atoms with van der Waals surface area (Å²) in [6.45, 7) is 1.73. The maximum Gasteiger partial charge on any atom is 0.435 e. The number of aromatic nitrogens is 3. The fraction of sp³-hybridized carbons (Fsp3) is 0.125. The van der Waals surface area contributed by atoms with E-state index in [0.29, 0.717) is 11.3 Å². The second kappa shape index (κ2) is 6.22. The van der Waals surface area contributed by atoms with Gasteiger partial charge in [0.05, 0.1) is 11.4 Å². The molecule has 136 valence electrons. The van der Waals surface area contributed by atoms with E-state index in [2.05, 4.69) is 10.1 Å². The Kier molecular flexibility index (Phi) is 4.32. The van der Waals surface area contributed by atoms with Crippen molar-refractivity contribution < 1.29 is 21.6 Å². The largest absolute Gasteiger partial charge is 0.435 e. The number of benzene rings is 1. The molecule has 0 radical (unpaired) electrons. The molecular formula is C16H13F3N4O2S. The zero-order chi connectivity index (χ0) is 19.1. The van der Waals surface area contributed by atoms with Gasteiger partial charge in [0.15, 0.2) is 5.69 Å². The molecule has 0 bridgehead atoms. The van der Waals surface area contributed by atoms with Crippen LogP contribution < -0.4 is 5.14 Å². The van der Waals surface area contributed by atoms with E-state index >= 15 is 0 Å². The number of hydrogen-bond donors (Lipinski definition) is 1. The van der Waals surface area contributed by atoms with Crippen molar-refractivity contribution in [3.63, 3.8) is 0 Å². The van der Waals surface area contributed by atoms with Crippen LogP contribution in [0.2, 0.25) is 0 Å². The predicted octanol–water partition coefficient (Wildman–Crippen LogP) is 2.91. The van der Waals surface area contributed by atoms with Crippen molar-refractivity contribution in [2.24, 2.45) is 5.14 Å². The highest BCUT2D eigenvalue weighted by atomic mass is 32.2. The number of para-hydroxylation sites is 1. The first-order valence-electron chi connectivity index (χ1n) is 7.30. The number of alkyl halides is 3. The number of hydrogen-bond acceptors (Lipinski definition) is 4. The van der Waals surface area contributed by atoms with Gasteiger partial charge < -0.3 is 0 Å². The third-order valence-electron chi connectivity index (χ3n) is 3.61. The highest BCUT2D eigenvalue weighted by Gasteiger charge is 2.35. The molecule has 2 heterocycles. The number of rotatable bonds is 3. The molecule has 3 rings (SSSR count). The molecule has 0 saturated heterocycles. The Labute approximate surface area is 147 Å². The van der Waals surface area contributed by atoms with Crippen LogP contribution >= 0.6 is 0 Å². The van der Waals surface area contributed by atoms with Gasteiger partial charge in [-0.2, -0.15) is 18.3 Å². The van der Waals surface area contributed by atoms with Gasteiger partial charge >= 0.3 is 6.18 Å². The van der Waals surface area contributed by atoms with Crippen LogP contribution in [-0.2, 0) is 16.2 Å². The highest BCUT2D eigenvalue weighted by Crippen LogP contribution is 2.34. The number of aryl methyl sites for hydroxylation is 1. The zero-order valence-electron chi connectivity index (χ0n) is 13.4. The lowest BCUT2D eigenvalue weighted by molar-refractivity contribution is -0.141. The number of nitrogens with zero attached hydrogens (tertiary/aromatic N) is 3. The first kappa shape index (κ1) is 18.1. The van der Waals surface area contributed by atoms with Crippen LogP contribution in [0.25, 0.3) is 16.9 Å². The average molecular weight is 382 g/mol. The topological polar surface area (TPSA) is 90.9 Å². The number of pyridine rings is 1. The third-order valence-corrected chi connectivity index (χ3v) is 4.57. The minimum atomic E-state index is -4.70. The van der Waals surface area contributed by atoms with Gasteiger partial charge in [0.1, 0.15) is 4.90 Å². The molecule has 0 amide bonds. The molecule has 0 saturated carbocycles. The molecular weight excluding hydrogens is 369 g/mol. The molecule has 0 unspecified atom stereocenters. The van der Waals surface area contributed by atoms with Crippen molar-refractivity contribution in [1.82, 2.24) is 14.8 Å². The van der Waals surface area contributed by atoms with Crippen LogP contribution in [0.3, 0.4) is 0 Å². The summed E-state index contributed by atoms with van der Waals surface area (Å²) in [6, 6.07) is 9.49. The number of sulfonamides is 1. The summed E-state index contributed by atoms with van der Waals surface area (Å²) in [5, 5.41) is 8.76. The van der Waals surface area contributed by atoms with E-state index in [1.165, 1.54) is 30.5 Å². The van der Waals surface area contributed by atoms with Crippen LogP contribution in [0.4, 0.5) is 13.2 Å². The van der Waals surface area contributed by atoms with Gasteiger partial charge in [0.25, 0.3) is 0 Å². The second-order valence-corrected chi connectivity index (χ2v) is 7.06. The highest BCUT2D eigenvalue weighted by molar-refractivity contribution is 7.89. The lowest BCUT2D eigenvalue weighted by Gasteiger charge is -2.11. The van der Waals surface area contributed by atoms with Crippen LogP contribution in [0.15, 0.2) is 53.6 Å². The summed E-state index contributed by atoms with van der Waals surface area (Å²) in [5.41, 5.74) is -0.164. The minimum absolute atomic E-state index is 0.0425. The van der Waals surface area contributed by atoms with Crippen molar-refractivity contribution in [1.29, 1.82) is 0 Å². The second-order valence-electron chi connectivity index (χ2n) is 5.53. The van der Waals surface area contributed by atoms with Crippen LogP contribution in [0, 0.1) is 6.92 Å². The monoisotopic (exact) mass is 382 g/mol. The predicted molar refractivity (Wildman–Crippen MR) is 87.9 cm³/mol. The maximum absolute atomic E-state index is 13.2. The first-order chi connectivity index (χ1) is 12.1. The minimum Gasteiger partial charge on any atom is -0.261 e. The molecule has 6 nitrogen and oxygen atoms in total. The Morgan fingerprint density at radius 1 is 1.12 bits per heavy atom. The van der Waals surface area contributed by atoms with Crippen LogP contribution in [0.1, 0.15) is 11.4 Å². The van der Waals surface area contributed by atoms with Gasteiger partial charge in [0, 0.05) is 17.5 Å². The molecule has 0 atom stereocenters. The zero-order valence-corrected chi connectivity index (χ0v) is 14.2. The number of primary sulfonamides is 1. The van der Waals surface area contributed by atoms with Gasteiger partial charge in [-0.1, -0.05) is 12.1 Å². The van der Waals surface area contributed by atoms with E-state index in [4.69, 9.17) is 5.14 Å². The Hall–Kier alpha value is -2.72. The Morgan fingerprint density at radius 2 is 1.81 bits per heavy atom. The van der Waals surface area contributed by atoms with Crippen molar-refractivity contribution >= 4 is 10.0 Å². The maximum atomic E-state index is 13.2. The van der Waals surface area contributed by atoms with Crippen molar-refractivity contribution in [2.75, 3.05) is 0 Å². The van der Waals surface area contributed by atoms with Crippen molar-refractivity contribution in [2.45, 2.75) is 18.0 Å². The van der Waals surface area contributed by atoms with Gasteiger partial charge in [-0.15, -0.1) is 0 Å². The standard InChI is InChI=1S/C16H13F3N4O2S/c1-10-6-7-11(9-21-10)13-8-15(16(17,18)19)22-23(13)12-4-2-3-5-14(12)26(20,24)25/h2-9H,1H3,(H2,20,24,25). The molecule has 1 aromatic carbocycles. The molecule has 26 heavy (non-hydrogen) atoms. The molecule has 0 fully saturated rings. The summed E-state index contributed by atoms with van der Waals surface area (Å²) in [5.74, 6) is 0. The molecule has 0 aliphatic carbocycles. The van der Waals surface area contributed by atoms with Gasteiger partial charge in [0.2, 0.25) is 10.0 Å². The molecule has 0 spiro atoms. The molecule has 10 heteroatoms. The summed E-state index contributed by atoms with van der Waals surface area (Å²) in [4.78, 5) is 3.73. The van der Waals surface area contributed by atoms with Crippen molar-refractivity contribution in [3.05, 3.63) is 60.0 Å². The molecule has 0 aliphatic rings. The lowest BCUT2D eigenvalue weighted by atomic mass is 10.1. The fourth-order valence-corrected chi connectivity index (χ4v) is 3.12. The molecule has 0 aliphatic heterocycles. The lowest BCUT2D eigenvalue weighted by Crippen LogP contribution is -2.16. The van der Waals surface area contributed by atoms with Gasteiger partial charge in [-0.25, -0.2) is 18.2 Å². The quantitative estimate of drug-likeness (QED) is 0.754. The van der Waals surface area contributed by atoms with Gasteiger partial charge in [-0.05, 0) is 37.3 Å². The van der Waals surface area contributed by atoms with Crippen LogP contribution in [0.5, 0.6) is 0 Å². The fourth-order valence-electron chi connectivity index (χ4n) is 2.40. The molecule has 3 aromatic rings.